The number of nitrogens with one attached hydrogen (secondary N) is 2. The van der Waals surface area contributed by atoms with E-state index >= 15 is 0 Å². The topological polar surface area (TPSA) is 78.5 Å². The molecule has 1 saturated heterocycles. The van der Waals surface area contributed by atoms with Crippen LogP contribution in [0.15, 0.2) is 24.3 Å². The molecule has 4 bridgehead atoms. The van der Waals surface area contributed by atoms with Gasteiger partial charge in [0.25, 0.3) is 0 Å². The van der Waals surface area contributed by atoms with Gasteiger partial charge in [0.1, 0.15) is 6.04 Å². The Labute approximate surface area is 177 Å². The predicted octanol–water partition coefficient (Wildman–Crippen LogP) is 3.79. The zero-order valence-electron chi connectivity index (χ0n) is 17.7. The van der Waals surface area contributed by atoms with Gasteiger partial charge in [-0.2, -0.15) is 0 Å². The summed E-state index contributed by atoms with van der Waals surface area (Å²) in [6, 6.07) is 6.75. The van der Waals surface area contributed by atoms with Crippen LogP contribution in [0.5, 0.6) is 0 Å². The van der Waals surface area contributed by atoms with Gasteiger partial charge in [0.15, 0.2) is 0 Å². The van der Waals surface area contributed by atoms with Gasteiger partial charge in [-0.05, 0) is 87.3 Å². The van der Waals surface area contributed by atoms with Crippen LogP contribution in [0.4, 0.5) is 11.4 Å². The second kappa shape index (κ2) is 7.40. The van der Waals surface area contributed by atoms with Crippen molar-refractivity contribution in [2.75, 3.05) is 17.2 Å². The second-order valence-corrected chi connectivity index (χ2v) is 10.1. The Kier molecular flexibility index (Phi) is 4.83. The number of amides is 3. The van der Waals surface area contributed by atoms with Crippen LogP contribution in [0.25, 0.3) is 0 Å². The van der Waals surface area contributed by atoms with Crippen molar-refractivity contribution >= 4 is 29.1 Å². The number of hydrogen-bond donors (Lipinski definition) is 2. The van der Waals surface area contributed by atoms with Gasteiger partial charge in [-0.1, -0.05) is 6.07 Å². The van der Waals surface area contributed by atoms with Crippen LogP contribution in [0.2, 0.25) is 0 Å². The fourth-order valence-corrected chi connectivity index (χ4v) is 7.06. The van der Waals surface area contributed by atoms with Crippen LogP contribution in [0.3, 0.4) is 0 Å². The Morgan fingerprint density at radius 2 is 1.57 bits per heavy atom. The smallest absolute Gasteiger partial charge is 0.247 e. The highest BCUT2D eigenvalue weighted by Crippen LogP contribution is 2.60. The molecule has 0 radical (unpaired) electrons. The molecule has 1 aromatic rings. The lowest BCUT2D eigenvalue weighted by molar-refractivity contribution is -0.160. The van der Waals surface area contributed by atoms with Gasteiger partial charge in [-0.25, -0.2) is 0 Å². The summed E-state index contributed by atoms with van der Waals surface area (Å²) >= 11 is 0. The van der Waals surface area contributed by atoms with Gasteiger partial charge >= 0.3 is 0 Å². The Bertz CT molecular complexity index is 845. The fourth-order valence-electron chi connectivity index (χ4n) is 7.06. The molecule has 1 aliphatic heterocycles. The molecule has 4 saturated carbocycles. The molecule has 5 aliphatic rings. The van der Waals surface area contributed by atoms with Gasteiger partial charge in [0.05, 0.1) is 5.41 Å². The second-order valence-electron chi connectivity index (χ2n) is 10.1. The first-order chi connectivity index (χ1) is 14.4. The molecule has 5 fully saturated rings. The normalized spacial score (nSPS) is 34.1. The minimum Gasteiger partial charge on any atom is -0.330 e. The van der Waals surface area contributed by atoms with Crippen LogP contribution >= 0.6 is 0 Å². The molecule has 2 N–H and O–H groups in total. The highest BCUT2D eigenvalue weighted by Gasteiger charge is 2.56. The Balaban J connectivity index is 1.30. The van der Waals surface area contributed by atoms with E-state index in [9.17, 15) is 14.4 Å². The molecule has 1 aromatic carbocycles. The van der Waals surface area contributed by atoms with Gasteiger partial charge < -0.3 is 15.5 Å². The summed E-state index contributed by atoms with van der Waals surface area (Å²) in [6.07, 6.45) is 8.60. The molecule has 3 amide bonds. The van der Waals surface area contributed by atoms with E-state index in [0.717, 1.165) is 32.1 Å². The van der Waals surface area contributed by atoms with Crippen molar-refractivity contribution in [3.8, 4) is 0 Å². The Morgan fingerprint density at radius 1 is 0.967 bits per heavy atom. The molecule has 6 rings (SSSR count). The number of nitrogens with zero attached hydrogens (tertiary/aromatic N) is 1. The van der Waals surface area contributed by atoms with E-state index in [0.29, 0.717) is 35.7 Å². The third-order valence-corrected chi connectivity index (χ3v) is 7.76. The van der Waals surface area contributed by atoms with Crippen molar-refractivity contribution in [2.45, 2.75) is 64.3 Å². The average molecular weight is 410 g/mol. The van der Waals surface area contributed by atoms with Crippen LogP contribution in [0.1, 0.15) is 58.3 Å². The van der Waals surface area contributed by atoms with Crippen LogP contribution in [-0.2, 0) is 14.4 Å². The summed E-state index contributed by atoms with van der Waals surface area (Å²) in [5.74, 6) is 2.11. The number of carbonyl (C=O) groups excluding carboxylic acids is 3. The van der Waals surface area contributed by atoms with Gasteiger partial charge in [0.2, 0.25) is 17.7 Å². The van der Waals surface area contributed by atoms with Crippen molar-refractivity contribution in [3.63, 3.8) is 0 Å². The predicted molar refractivity (Wildman–Crippen MR) is 115 cm³/mol. The lowest BCUT2D eigenvalue weighted by Crippen LogP contribution is -2.56. The Morgan fingerprint density at radius 3 is 2.17 bits per heavy atom. The van der Waals surface area contributed by atoms with Gasteiger partial charge in [0, 0.05) is 24.8 Å². The Hall–Kier alpha value is -2.37. The molecule has 4 aliphatic carbocycles. The summed E-state index contributed by atoms with van der Waals surface area (Å²) in [4.78, 5) is 40.0. The molecule has 6 heteroatoms. The molecule has 160 valence electrons. The maximum Gasteiger partial charge on any atom is 0.247 e. The number of benzene rings is 1. The summed E-state index contributed by atoms with van der Waals surface area (Å²) < 4.78 is 0. The molecular formula is C24H31N3O3. The van der Waals surface area contributed by atoms with E-state index < -0.39 is 6.04 Å². The SMILES string of the molecule is CC(=O)Nc1cccc(NC(=O)C2CCCN2C(=O)C23CC4CC(CC(C4)C2)C3)c1. The van der Waals surface area contributed by atoms with Crippen molar-refractivity contribution in [2.24, 2.45) is 23.2 Å². The van der Waals surface area contributed by atoms with Gasteiger partial charge in [-0.3, -0.25) is 14.4 Å². The lowest BCUT2D eigenvalue weighted by atomic mass is 9.49. The largest absolute Gasteiger partial charge is 0.330 e. The number of carbonyl (C=O) groups is 3. The van der Waals surface area contributed by atoms with Gasteiger partial charge in [-0.15, -0.1) is 0 Å². The van der Waals surface area contributed by atoms with Crippen LogP contribution in [0, 0.1) is 23.2 Å². The number of likely N-dealkylation sites (tertiary alicyclic amines) is 1. The first-order valence-electron chi connectivity index (χ1n) is 11.4. The van der Waals surface area contributed by atoms with Crippen molar-refractivity contribution in [3.05, 3.63) is 24.3 Å². The number of anilines is 2. The molecule has 1 heterocycles. The van der Waals surface area contributed by atoms with E-state index in [1.54, 1.807) is 18.2 Å². The highest BCUT2D eigenvalue weighted by atomic mass is 16.2. The molecule has 6 nitrogen and oxygen atoms in total. The maximum atomic E-state index is 13.7. The molecule has 1 unspecified atom stereocenters. The van der Waals surface area contributed by atoms with Crippen molar-refractivity contribution < 1.29 is 14.4 Å². The monoisotopic (exact) mass is 409 g/mol. The molecular weight excluding hydrogens is 378 g/mol. The summed E-state index contributed by atoms with van der Waals surface area (Å²) in [5.41, 5.74) is 1.08. The number of hydrogen-bond acceptors (Lipinski definition) is 3. The van der Waals surface area contributed by atoms with Crippen molar-refractivity contribution in [1.82, 2.24) is 4.90 Å². The van der Waals surface area contributed by atoms with E-state index in [1.807, 2.05) is 11.0 Å². The minimum absolute atomic E-state index is 0.120. The fraction of sp³-hybridized carbons (Fsp3) is 0.625. The first kappa shape index (κ1) is 19.6. The molecule has 1 atom stereocenters. The quantitative estimate of drug-likeness (QED) is 0.794. The summed E-state index contributed by atoms with van der Waals surface area (Å²) in [6.45, 7) is 2.14. The van der Waals surface area contributed by atoms with E-state index in [-0.39, 0.29) is 23.1 Å². The third-order valence-electron chi connectivity index (χ3n) is 7.76. The van der Waals surface area contributed by atoms with Crippen LogP contribution in [-0.4, -0.2) is 35.2 Å². The molecule has 0 aromatic heterocycles. The molecule has 30 heavy (non-hydrogen) atoms. The van der Waals surface area contributed by atoms with E-state index in [1.165, 1.54) is 26.2 Å². The minimum atomic E-state index is -0.394. The maximum absolute atomic E-state index is 13.7. The van der Waals surface area contributed by atoms with Crippen LogP contribution < -0.4 is 10.6 Å². The zero-order chi connectivity index (χ0) is 20.9. The summed E-state index contributed by atoms with van der Waals surface area (Å²) in [5, 5.41) is 5.71. The first-order valence-corrected chi connectivity index (χ1v) is 11.4. The van der Waals surface area contributed by atoms with Crippen molar-refractivity contribution in [1.29, 1.82) is 0 Å². The summed E-state index contributed by atoms with van der Waals surface area (Å²) in [7, 11) is 0. The average Bonchev–Trinajstić information content (AvgIpc) is 3.16. The third kappa shape index (κ3) is 3.50. The zero-order valence-corrected chi connectivity index (χ0v) is 17.7. The lowest BCUT2D eigenvalue weighted by Gasteiger charge is -2.56. The van der Waals surface area contributed by atoms with E-state index in [2.05, 4.69) is 10.6 Å². The van der Waals surface area contributed by atoms with E-state index in [4.69, 9.17) is 0 Å². The highest BCUT2D eigenvalue weighted by molar-refractivity contribution is 5.99. The number of rotatable bonds is 4. The standard InChI is InChI=1S/C24H31N3O3/c1-15(28)25-19-4-2-5-20(11-19)26-22(29)21-6-3-7-27(21)23(30)24-12-16-8-17(13-24)10-18(9-16)14-24/h2,4-5,11,16-18,21H,3,6-10,12-14H2,1H3,(H,25,28)(H,26,29). The molecule has 0 spiro atoms.